The molecule has 49 heavy (non-hydrogen) atoms. The average Bonchev–Trinajstić information content (AvgIpc) is 3.61. The predicted molar refractivity (Wildman–Crippen MR) is 171 cm³/mol. The van der Waals surface area contributed by atoms with Crippen molar-refractivity contribution < 1.29 is 43.6 Å². The monoisotopic (exact) mass is 680 g/mol. The average molecular weight is 681 g/mol. The summed E-state index contributed by atoms with van der Waals surface area (Å²) in [6, 6.07) is 9.23. The lowest BCUT2D eigenvalue weighted by Gasteiger charge is -2.34. The number of nitriles is 1. The topological polar surface area (TPSA) is 208 Å². The van der Waals surface area contributed by atoms with E-state index >= 15 is 0 Å². The van der Waals surface area contributed by atoms with Gasteiger partial charge in [-0.1, -0.05) is 31.4 Å². The lowest BCUT2D eigenvalue weighted by Crippen LogP contribution is -2.47. The third-order valence-corrected chi connectivity index (χ3v) is 9.19. The Morgan fingerprint density at radius 3 is 2.47 bits per heavy atom. The number of halogens is 1. The van der Waals surface area contributed by atoms with Crippen molar-refractivity contribution >= 4 is 29.3 Å². The van der Waals surface area contributed by atoms with Crippen molar-refractivity contribution in [2.24, 2.45) is 17.8 Å². The van der Waals surface area contributed by atoms with Gasteiger partial charge in [-0.2, -0.15) is 10.4 Å². The molecule has 2 aromatic heterocycles. The highest BCUT2D eigenvalue weighted by Crippen LogP contribution is 2.49. The molecule has 0 spiro atoms. The summed E-state index contributed by atoms with van der Waals surface area (Å²) in [4.78, 5) is 43.1. The van der Waals surface area contributed by atoms with E-state index in [1.54, 1.807) is 20.8 Å². The molecular formula is C34H41FN6O8. The number of aliphatic hydroxyl groups is 2. The number of benzene rings is 1. The van der Waals surface area contributed by atoms with Gasteiger partial charge in [0.2, 0.25) is 11.5 Å². The summed E-state index contributed by atoms with van der Waals surface area (Å²) < 4.78 is 26.2. The van der Waals surface area contributed by atoms with Crippen LogP contribution in [0.25, 0.3) is 5.52 Å². The Labute approximate surface area is 282 Å². The zero-order chi connectivity index (χ0) is 35.5. The molecule has 3 aromatic rings. The van der Waals surface area contributed by atoms with E-state index in [9.17, 15) is 39.4 Å². The zero-order valence-electron chi connectivity index (χ0n) is 27.5. The number of fused-ring (bicyclic) bond motifs is 1. The minimum Gasteiger partial charge on any atom is -0.481 e. The van der Waals surface area contributed by atoms with E-state index in [0.717, 1.165) is 25.6 Å². The molecule has 6 atom stereocenters. The Balaban J connectivity index is 1.46. The van der Waals surface area contributed by atoms with Gasteiger partial charge in [0, 0.05) is 12.3 Å². The Hall–Kier alpha value is -4.65. The van der Waals surface area contributed by atoms with Crippen molar-refractivity contribution in [1.82, 2.24) is 19.9 Å². The van der Waals surface area contributed by atoms with Crippen molar-refractivity contribution in [1.29, 1.82) is 5.26 Å². The van der Waals surface area contributed by atoms with Crippen molar-refractivity contribution in [2.75, 3.05) is 11.9 Å². The van der Waals surface area contributed by atoms with Crippen LogP contribution in [0.15, 0.2) is 42.7 Å². The summed E-state index contributed by atoms with van der Waals surface area (Å²) in [6.45, 7) is 4.39. The van der Waals surface area contributed by atoms with Crippen LogP contribution in [-0.4, -0.2) is 78.3 Å². The number of nitrogens with zero attached hydrogens (tertiary/aromatic N) is 4. The molecule has 2 amide bonds. The van der Waals surface area contributed by atoms with Crippen LogP contribution in [0, 0.1) is 34.9 Å². The van der Waals surface area contributed by atoms with E-state index in [1.807, 2.05) is 6.07 Å². The molecule has 15 heteroatoms. The van der Waals surface area contributed by atoms with E-state index in [-0.39, 0.29) is 29.4 Å². The number of ether oxygens (including phenoxy) is 2. The fraction of sp³-hybridized carbons (Fsp3) is 0.529. The number of carbonyl (C=O) groups excluding carboxylic acids is 2. The van der Waals surface area contributed by atoms with Gasteiger partial charge in [-0.3, -0.25) is 9.59 Å². The number of carboxylic acid groups (broad SMARTS) is 1. The van der Waals surface area contributed by atoms with E-state index < -0.39 is 71.7 Å². The van der Waals surface area contributed by atoms with Gasteiger partial charge in [-0.25, -0.2) is 18.7 Å². The number of hydrogen-bond donors (Lipinski definition) is 5. The van der Waals surface area contributed by atoms with Crippen LogP contribution < -0.4 is 10.6 Å². The summed E-state index contributed by atoms with van der Waals surface area (Å²) >= 11 is 0. The van der Waals surface area contributed by atoms with Gasteiger partial charge in [-0.15, -0.1) is 0 Å². The first-order valence-corrected chi connectivity index (χ1v) is 16.3. The number of aliphatic hydroxyl groups excluding tert-OH is 2. The highest BCUT2D eigenvalue weighted by molar-refractivity contribution is 5.98. The molecule has 0 bridgehead atoms. The van der Waals surface area contributed by atoms with Crippen LogP contribution >= 0.6 is 0 Å². The van der Waals surface area contributed by atoms with E-state index in [1.165, 1.54) is 40.9 Å². The maximum absolute atomic E-state index is 13.7. The van der Waals surface area contributed by atoms with E-state index in [0.29, 0.717) is 18.4 Å². The van der Waals surface area contributed by atoms with E-state index in [4.69, 9.17) is 9.47 Å². The Bertz CT molecular complexity index is 1710. The van der Waals surface area contributed by atoms with Crippen molar-refractivity contribution in [3.63, 3.8) is 0 Å². The fourth-order valence-electron chi connectivity index (χ4n) is 7.01. The van der Waals surface area contributed by atoms with Gasteiger partial charge in [0.1, 0.15) is 41.5 Å². The molecular weight excluding hydrogens is 639 g/mol. The summed E-state index contributed by atoms with van der Waals surface area (Å²) in [5.74, 6) is -4.71. The molecule has 1 aromatic carbocycles. The molecule has 3 unspecified atom stereocenters. The van der Waals surface area contributed by atoms with Gasteiger partial charge in [0.15, 0.2) is 5.82 Å². The molecule has 262 valence electrons. The van der Waals surface area contributed by atoms with Crippen LogP contribution in [0.1, 0.15) is 64.1 Å². The van der Waals surface area contributed by atoms with Crippen molar-refractivity contribution in [3.8, 4) is 6.07 Å². The SMILES string of the molecule is CC(C)(C)OC(=O)NC(Cc1ccc(F)cc1)C(=O)Nc1ncnn2c([C@]3(C#N)OC(CO)[C@@H](C(C(=O)O)C4CCCCC4)[C@H]3O)ccc12. The van der Waals surface area contributed by atoms with Crippen LogP contribution in [0.3, 0.4) is 0 Å². The second-order valence-corrected chi connectivity index (χ2v) is 13.6. The Morgan fingerprint density at radius 2 is 1.86 bits per heavy atom. The summed E-state index contributed by atoms with van der Waals surface area (Å²) in [7, 11) is 0. The maximum Gasteiger partial charge on any atom is 0.408 e. The molecule has 1 aliphatic heterocycles. The molecule has 14 nitrogen and oxygen atoms in total. The molecule has 1 aliphatic carbocycles. The van der Waals surface area contributed by atoms with Gasteiger partial charge >= 0.3 is 12.1 Å². The molecule has 1 saturated heterocycles. The van der Waals surface area contributed by atoms with Gasteiger partial charge in [0.25, 0.3) is 0 Å². The highest BCUT2D eigenvalue weighted by Gasteiger charge is 2.61. The number of alkyl carbamates (subject to hydrolysis) is 1. The minimum atomic E-state index is -2.12. The Morgan fingerprint density at radius 1 is 1.16 bits per heavy atom. The molecule has 5 N–H and O–H groups in total. The molecule has 2 fully saturated rings. The van der Waals surface area contributed by atoms with Gasteiger partial charge < -0.3 is 35.4 Å². The number of carboxylic acids is 1. The maximum atomic E-state index is 13.7. The van der Waals surface area contributed by atoms with E-state index in [2.05, 4.69) is 20.7 Å². The number of aromatic nitrogens is 3. The lowest BCUT2D eigenvalue weighted by atomic mass is 9.69. The zero-order valence-corrected chi connectivity index (χ0v) is 27.5. The predicted octanol–water partition coefficient (Wildman–Crippen LogP) is 3.31. The second kappa shape index (κ2) is 14.5. The summed E-state index contributed by atoms with van der Waals surface area (Å²) in [5.41, 5.74) is -2.18. The summed E-state index contributed by atoms with van der Waals surface area (Å²) in [5, 5.41) is 52.3. The lowest BCUT2D eigenvalue weighted by molar-refractivity contribution is -0.149. The summed E-state index contributed by atoms with van der Waals surface area (Å²) in [6.07, 6.45) is 1.39. The molecule has 2 aliphatic rings. The largest absolute Gasteiger partial charge is 0.481 e. The van der Waals surface area contributed by atoms with Gasteiger partial charge in [0.05, 0.1) is 24.3 Å². The Kier molecular flexibility index (Phi) is 10.5. The third-order valence-electron chi connectivity index (χ3n) is 9.19. The van der Waals surface area contributed by atoms with Crippen LogP contribution in [0.5, 0.6) is 0 Å². The van der Waals surface area contributed by atoms with Crippen LogP contribution in [0.2, 0.25) is 0 Å². The normalized spacial score (nSPS) is 24.1. The third kappa shape index (κ3) is 7.51. The number of hydrogen-bond acceptors (Lipinski definition) is 10. The molecule has 5 rings (SSSR count). The quantitative estimate of drug-likeness (QED) is 0.210. The number of nitrogens with one attached hydrogen (secondary N) is 2. The number of anilines is 1. The first-order chi connectivity index (χ1) is 23.3. The molecule has 0 radical (unpaired) electrons. The standard InChI is InChI=1S/C34H41FN6O8/c1-33(2,3)49-32(47)39-22(15-19-9-11-21(35)12-10-19)30(44)40-29-23-13-14-25(41(23)38-18-37-29)34(17-36)28(43)27(24(16-42)48-34)26(31(45)46)20-7-5-4-6-8-20/h9-14,18,20,22,24,26-28,42-43H,4-8,15-16H2,1-3H3,(H,39,47)(H,45,46)(H,37,38,40,44)/t22?,24?,26?,27-,28+,34-/m0/s1. The minimum absolute atomic E-state index is 0.0113. The highest BCUT2D eigenvalue weighted by atomic mass is 19.1. The molecule has 1 saturated carbocycles. The first-order valence-electron chi connectivity index (χ1n) is 16.3. The first kappa shape index (κ1) is 35.7. The van der Waals surface area contributed by atoms with Crippen molar-refractivity contribution in [2.45, 2.75) is 88.7 Å². The van der Waals surface area contributed by atoms with Crippen molar-refractivity contribution in [3.05, 3.63) is 59.8 Å². The number of rotatable bonds is 10. The van der Waals surface area contributed by atoms with Gasteiger partial charge in [-0.05, 0) is 69.4 Å². The van der Waals surface area contributed by atoms with Crippen LogP contribution in [0.4, 0.5) is 15.0 Å². The number of aliphatic carboxylic acids is 1. The number of amides is 2. The smallest absolute Gasteiger partial charge is 0.408 e. The number of carbonyl (C=O) groups is 3. The van der Waals surface area contributed by atoms with Crippen LogP contribution in [-0.2, 0) is 31.1 Å². The molecule has 3 heterocycles. The fourth-order valence-corrected chi connectivity index (χ4v) is 7.01. The second-order valence-electron chi connectivity index (χ2n) is 13.6.